The quantitative estimate of drug-likeness (QED) is 0.861. The second kappa shape index (κ2) is 6.08. The van der Waals surface area contributed by atoms with E-state index in [0.717, 1.165) is 12.3 Å². The van der Waals surface area contributed by atoms with Gasteiger partial charge in [0.15, 0.2) is 0 Å². The maximum Gasteiger partial charge on any atom is 0.0386 e. The Hall–Kier alpha value is 0.01000. The minimum atomic E-state index is 0.524. The van der Waals surface area contributed by atoms with Crippen molar-refractivity contribution in [1.29, 1.82) is 0 Å². The molecular weight excluding hydrogens is 234 g/mol. The Morgan fingerprint density at radius 3 is 3.00 bits per heavy atom. The molecule has 2 rings (SSSR count). The monoisotopic (exact) mass is 255 g/mol. The van der Waals surface area contributed by atoms with E-state index >= 15 is 0 Å². The van der Waals surface area contributed by atoms with Crippen LogP contribution in [0.2, 0.25) is 0 Å². The number of nitrogens with one attached hydrogen (secondary N) is 1. The summed E-state index contributed by atoms with van der Waals surface area (Å²) in [4.78, 5) is 2.99. The molecule has 0 aromatic carbocycles. The van der Waals surface area contributed by atoms with Crippen molar-refractivity contribution in [2.75, 3.05) is 18.1 Å². The zero-order valence-corrected chi connectivity index (χ0v) is 11.8. The van der Waals surface area contributed by atoms with Crippen LogP contribution in [0.5, 0.6) is 0 Å². The molecule has 0 bridgehead atoms. The lowest BCUT2D eigenvalue weighted by atomic mass is 10.1. The molecule has 1 aliphatic heterocycles. The zero-order valence-electron chi connectivity index (χ0n) is 10.2. The van der Waals surface area contributed by atoms with E-state index in [2.05, 4.69) is 43.1 Å². The van der Waals surface area contributed by atoms with E-state index in [1.807, 2.05) is 11.3 Å². The summed E-state index contributed by atoms with van der Waals surface area (Å²) in [6.45, 7) is 5.70. The van der Waals surface area contributed by atoms with Crippen LogP contribution >= 0.6 is 23.1 Å². The number of rotatable bonds is 5. The van der Waals surface area contributed by atoms with Crippen molar-refractivity contribution in [3.63, 3.8) is 0 Å². The van der Waals surface area contributed by atoms with Gasteiger partial charge in [0.2, 0.25) is 0 Å². The number of hydrogen-bond acceptors (Lipinski definition) is 3. The molecule has 16 heavy (non-hydrogen) atoms. The van der Waals surface area contributed by atoms with Crippen molar-refractivity contribution in [2.24, 2.45) is 5.92 Å². The number of thioether (sulfide) groups is 1. The molecule has 1 fully saturated rings. The van der Waals surface area contributed by atoms with Gasteiger partial charge < -0.3 is 5.32 Å². The molecule has 90 valence electrons. The van der Waals surface area contributed by atoms with Gasteiger partial charge in [-0.25, -0.2) is 0 Å². The van der Waals surface area contributed by atoms with Gasteiger partial charge in [-0.2, -0.15) is 11.8 Å². The third-order valence-electron chi connectivity index (χ3n) is 3.19. The molecule has 0 aliphatic carbocycles. The van der Waals surface area contributed by atoms with Crippen LogP contribution in [0, 0.1) is 5.92 Å². The van der Waals surface area contributed by atoms with Crippen LogP contribution in [-0.2, 0) is 6.42 Å². The molecule has 1 aromatic heterocycles. The summed E-state index contributed by atoms with van der Waals surface area (Å²) in [5.74, 6) is 3.61. The summed E-state index contributed by atoms with van der Waals surface area (Å²) in [5.41, 5.74) is 0. The summed E-state index contributed by atoms with van der Waals surface area (Å²) in [5, 5.41) is 3.68. The van der Waals surface area contributed by atoms with Gasteiger partial charge in [-0.05, 0) is 55.9 Å². The summed E-state index contributed by atoms with van der Waals surface area (Å²) in [6, 6.07) is 5.07. The molecule has 3 heteroatoms. The summed E-state index contributed by atoms with van der Waals surface area (Å²) in [6.07, 6.45) is 2.56. The van der Waals surface area contributed by atoms with Crippen molar-refractivity contribution < 1.29 is 0 Å². The van der Waals surface area contributed by atoms with Gasteiger partial charge in [-0.15, -0.1) is 11.3 Å². The van der Waals surface area contributed by atoms with Gasteiger partial charge in [-0.1, -0.05) is 6.92 Å². The van der Waals surface area contributed by atoms with Crippen LogP contribution in [0.15, 0.2) is 12.1 Å². The molecule has 0 amide bonds. The minimum absolute atomic E-state index is 0.524. The van der Waals surface area contributed by atoms with Crippen LogP contribution < -0.4 is 5.32 Å². The van der Waals surface area contributed by atoms with E-state index in [-0.39, 0.29) is 0 Å². The summed E-state index contributed by atoms with van der Waals surface area (Å²) >= 11 is 4.06. The van der Waals surface area contributed by atoms with Crippen molar-refractivity contribution in [3.05, 3.63) is 21.9 Å². The Morgan fingerprint density at radius 2 is 2.38 bits per heavy atom. The van der Waals surface area contributed by atoms with E-state index in [4.69, 9.17) is 0 Å². The van der Waals surface area contributed by atoms with Gasteiger partial charge in [0, 0.05) is 15.8 Å². The van der Waals surface area contributed by atoms with Crippen LogP contribution in [0.1, 0.15) is 36.1 Å². The highest BCUT2D eigenvalue weighted by Gasteiger charge is 2.16. The first-order valence-corrected chi connectivity index (χ1v) is 8.16. The Labute approximate surface area is 107 Å². The molecule has 1 aliphatic rings. The fourth-order valence-electron chi connectivity index (χ4n) is 2.01. The van der Waals surface area contributed by atoms with E-state index < -0.39 is 0 Å². The lowest BCUT2D eigenvalue weighted by Crippen LogP contribution is -2.25. The fourth-order valence-corrected chi connectivity index (χ4v) is 4.27. The highest BCUT2D eigenvalue weighted by Crippen LogP contribution is 2.26. The molecule has 2 unspecified atom stereocenters. The van der Waals surface area contributed by atoms with Crippen LogP contribution in [0.4, 0.5) is 0 Å². The maximum atomic E-state index is 3.68. The van der Waals surface area contributed by atoms with Crippen molar-refractivity contribution in [3.8, 4) is 0 Å². The second-order valence-electron chi connectivity index (χ2n) is 4.52. The van der Waals surface area contributed by atoms with E-state index in [1.165, 1.54) is 34.2 Å². The number of thiophene rings is 1. The molecule has 1 nitrogen and oxygen atoms in total. The Bertz CT molecular complexity index is 315. The van der Waals surface area contributed by atoms with E-state index in [9.17, 15) is 0 Å². The lowest BCUT2D eigenvalue weighted by Gasteiger charge is -2.15. The largest absolute Gasteiger partial charge is 0.309 e. The molecule has 2 atom stereocenters. The minimum Gasteiger partial charge on any atom is -0.309 e. The van der Waals surface area contributed by atoms with Crippen LogP contribution in [0.25, 0.3) is 0 Å². The maximum absolute atomic E-state index is 3.68. The zero-order chi connectivity index (χ0) is 11.4. The Kier molecular flexibility index (Phi) is 4.74. The van der Waals surface area contributed by atoms with E-state index in [0.29, 0.717) is 6.04 Å². The van der Waals surface area contributed by atoms with E-state index in [1.54, 1.807) is 0 Å². The Balaban J connectivity index is 1.80. The van der Waals surface area contributed by atoms with Crippen molar-refractivity contribution in [1.82, 2.24) is 5.32 Å². The van der Waals surface area contributed by atoms with Gasteiger partial charge in [0.1, 0.15) is 0 Å². The van der Waals surface area contributed by atoms with Crippen LogP contribution in [-0.4, -0.2) is 18.1 Å². The van der Waals surface area contributed by atoms with Gasteiger partial charge in [-0.3, -0.25) is 0 Å². The van der Waals surface area contributed by atoms with Crippen LogP contribution in [0.3, 0.4) is 0 Å². The predicted octanol–water partition coefficient (Wildman–Crippen LogP) is 3.71. The van der Waals surface area contributed by atoms with Gasteiger partial charge in [0.25, 0.3) is 0 Å². The smallest absolute Gasteiger partial charge is 0.0386 e. The summed E-state index contributed by atoms with van der Waals surface area (Å²) in [7, 11) is 0. The second-order valence-corrected chi connectivity index (χ2v) is 6.87. The molecule has 1 aromatic rings. The molecule has 0 radical (unpaired) electrons. The predicted molar refractivity (Wildman–Crippen MR) is 75.5 cm³/mol. The average Bonchev–Trinajstić information content (AvgIpc) is 2.96. The Morgan fingerprint density at radius 1 is 1.50 bits per heavy atom. The first kappa shape index (κ1) is 12.5. The third kappa shape index (κ3) is 3.25. The van der Waals surface area contributed by atoms with Gasteiger partial charge >= 0.3 is 0 Å². The van der Waals surface area contributed by atoms with Gasteiger partial charge in [0.05, 0.1) is 0 Å². The highest BCUT2D eigenvalue weighted by molar-refractivity contribution is 7.99. The first-order valence-electron chi connectivity index (χ1n) is 6.19. The SMILES string of the molecule is CCc1ccc(C(C)NCC2CCSC2)s1. The number of aryl methyl sites for hydroxylation is 1. The first-order chi connectivity index (χ1) is 7.79. The molecule has 1 saturated heterocycles. The van der Waals surface area contributed by atoms with Crippen molar-refractivity contribution in [2.45, 2.75) is 32.7 Å². The molecule has 0 saturated carbocycles. The molecule has 2 heterocycles. The summed E-state index contributed by atoms with van der Waals surface area (Å²) < 4.78 is 0. The molecule has 0 spiro atoms. The standard InChI is InChI=1S/C13H21NS2/c1-3-12-4-5-13(16-12)10(2)14-8-11-6-7-15-9-11/h4-5,10-11,14H,3,6-9H2,1-2H3. The lowest BCUT2D eigenvalue weighted by molar-refractivity contribution is 0.481. The fraction of sp³-hybridized carbons (Fsp3) is 0.692. The third-order valence-corrected chi connectivity index (χ3v) is 5.84. The topological polar surface area (TPSA) is 12.0 Å². The average molecular weight is 255 g/mol. The normalized spacial score (nSPS) is 22.5. The molecule has 1 N–H and O–H groups in total. The van der Waals surface area contributed by atoms with Crippen molar-refractivity contribution >= 4 is 23.1 Å². The molecular formula is C13H21NS2. The number of hydrogen-bond donors (Lipinski definition) is 1. The highest BCUT2D eigenvalue weighted by atomic mass is 32.2.